The number of carbonyl (C=O) groups excluding carboxylic acids is 1. The highest BCUT2D eigenvalue weighted by atomic mass is 35.5. The third kappa shape index (κ3) is 6.73. The Morgan fingerprint density at radius 3 is 2.62 bits per heavy atom. The number of benzene rings is 2. The molecule has 2 aromatic heterocycles. The molecule has 5 rings (SSSR count). The molecule has 39 heavy (non-hydrogen) atoms. The number of amides is 1. The van der Waals surface area contributed by atoms with Crippen molar-refractivity contribution in [2.24, 2.45) is 0 Å². The molecule has 0 spiro atoms. The number of fused-ring (bicyclic) bond motifs is 1. The van der Waals surface area contributed by atoms with Crippen molar-refractivity contribution in [3.05, 3.63) is 89.3 Å². The molecule has 4 aromatic rings. The van der Waals surface area contributed by atoms with Gasteiger partial charge in [0.2, 0.25) is 0 Å². The summed E-state index contributed by atoms with van der Waals surface area (Å²) in [5.74, 6) is -0.846. The van der Waals surface area contributed by atoms with Crippen LogP contribution in [0.25, 0.3) is 10.9 Å². The molecular formula is C27H23ClF3N5O2S. The number of anilines is 1. The van der Waals surface area contributed by atoms with Gasteiger partial charge in [0.05, 0.1) is 21.1 Å². The average Bonchev–Trinajstić information content (AvgIpc) is 2.93. The number of alkyl halides is 3. The lowest BCUT2D eigenvalue weighted by Crippen LogP contribution is -2.48. The van der Waals surface area contributed by atoms with E-state index in [-0.39, 0.29) is 17.2 Å². The monoisotopic (exact) mass is 573 g/mol. The second-order valence-electron chi connectivity index (χ2n) is 8.83. The lowest BCUT2D eigenvalue weighted by Gasteiger charge is -2.35. The van der Waals surface area contributed by atoms with Crippen LogP contribution in [0.15, 0.2) is 78.1 Å². The van der Waals surface area contributed by atoms with Gasteiger partial charge in [0.1, 0.15) is 0 Å². The van der Waals surface area contributed by atoms with E-state index in [0.29, 0.717) is 43.3 Å². The molecule has 0 bridgehead atoms. The van der Waals surface area contributed by atoms with Gasteiger partial charge in [-0.2, -0.15) is 0 Å². The minimum absolute atomic E-state index is 0.0841. The Kier molecular flexibility index (Phi) is 8.10. The highest BCUT2D eigenvalue weighted by Gasteiger charge is 2.33. The number of nitrogens with one attached hydrogen (secondary N) is 1. The summed E-state index contributed by atoms with van der Waals surface area (Å²) in [6, 6.07) is 15.2. The molecule has 0 atom stereocenters. The van der Waals surface area contributed by atoms with E-state index < -0.39 is 12.1 Å². The standard InChI is InChI=1S/C27H23ClF3N5O2S/c28-21-16-32-10-8-20(21)17-35-11-13-36(14-12-35)26(37)19-6-7-22(23(15-19)38-27(29,30)31)34-39-24-5-1-3-18-4-2-9-33-25(18)24/h1-10,15-16,34H,11-14,17H2. The van der Waals surface area contributed by atoms with Gasteiger partial charge in [0.15, 0.2) is 5.75 Å². The smallest absolute Gasteiger partial charge is 0.404 e. The van der Waals surface area contributed by atoms with Crippen molar-refractivity contribution in [1.82, 2.24) is 19.8 Å². The predicted octanol–water partition coefficient (Wildman–Crippen LogP) is 6.26. The number of para-hydroxylation sites is 1. The lowest BCUT2D eigenvalue weighted by atomic mass is 10.1. The van der Waals surface area contributed by atoms with E-state index in [0.717, 1.165) is 33.9 Å². The highest BCUT2D eigenvalue weighted by molar-refractivity contribution is 8.00. The Balaban J connectivity index is 1.28. The van der Waals surface area contributed by atoms with Crippen molar-refractivity contribution in [3.63, 3.8) is 0 Å². The van der Waals surface area contributed by atoms with Crippen LogP contribution < -0.4 is 9.46 Å². The Bertz CT molecular complexity index is 1480. The van der Waals surface area contributed by atoms with E-state index in [1.807, 2.05) is 36.4 Å². The minimum Gasteiger partial charge on any atom is -0.404 e. The maximum atomic E-state index is 13.2. The van der Waals surface area contributed by atoms with Crippen LogP contribution in [0.2, 0.25) is 5.02 Å². The predicted molar refractivity (Wildman–Crippen MR) is 145 cm³/mol. The number of rotatable bonds is 7. The van der Waals surface area contributed by atoms with Crippen LogP contribution in [-0.4, -0.2) is 58.2 Å². The van der Waals surface area contributed by atoms with Gasteiger partial charge in [-0.05, 0) is 53.9 Å². The Morgan fingerprint density at radius 1 is 1.05 bits per heavy atom. The molecular weight excluding hydrogens is 551 g/mol. The summed E-state index contributed by atoms with van der Waals surface area (Å²) >= 11 is 7.32. The lowest BCUT2D eigenvalue weighted by molar-refractivity contribution is -0.274. The second-order valence-corrected chi connectivity index (χ2v) is 10.1. The molecule has 1 amide bonds. The molecule has 0 aliphatic carbocycles. The van der Waals surface area contributed by atoms with Crippen LogP contribution in [0, 0.1) is 0 Å². The van der Waals surface area contributed by atoms with Gasteiger partial charge >= 0.3 is 6.36 Å². The first-order chi connectivity index (χ1) is 18.8. The summed E-state index contributed by atoms with van der Waals surface area (Å²) in [7, 11) is 0. The van der Waals surface area contributed by atoms with Crippen LogP contribution in [0.3, 0.4) is 0 Å². The molecule has 3 heterocycles. The first-order valence-electron chi connectivity index (χ1n) is 12.0. The fourth-order valence-electron chi connectivity index (χ4n) is 4.28. The Hall–Kier alpha value is -3.54. The van der Waals surface area contributed by atoms with E-state index in [2.05, 4.69) is 24.3 Å². The van der Waals surface area contributed by atoms with Crippen molar-refractivity contribution in [1.29, 1.82) is 0 Å². The molecule has 1 saturated heterocycles. The number of piperazine rings is 1. The molecule has 12 heteroatoms. The van der Waals surface area contributed by atoms with Crippen LogP contribution in [0.1, 0.15) is 15.9 Å². The number of halogens is 4. The maximum absolute atomic E-state index is 13.2. The number of ether oxygens (including phenoxy) is 1. The number of hydrogen-bond donors (Lipinski definition) is 1. The molecule has 7 nitrogen and oxygen atoms in total. The second kappa shape index (κ2) is 11.7. The summed E-state index contributed by atoms with van der Waals surface area (Å²) in [6.07, 6.45) is -0.00642. The van der Waals surface area contributed by atoms with Gasteiger partial charge in [-0.1, -0.05) is 29.8 Å². The third-order valence-electron chi connectivity index (χ3n) is 6.23. The van der Waals surface area contributed by atoms with Crippen molar-refractivity contribution < 1.29 is 22.7 Å². The number of carbonyl (C=O) groups is 1. The minimum atomic E-state index is -4.93. The normalized spacial score (nSPS) is 14.4. The molecule has 202 valence electrons. The molecule has 2 aromatic carbocycles. The van der Waals surface area contributed by atoms with Crippen LogP contribution >= 0.6 is 23.5 Å². The summed E-state index contributed by atoms with van der Waals surface area (Å²) in [5.41, 5.74) is 1.86. The topological polar surface area (TPSA) is 70.6 Å². The van der Waals surface area contributed by atoms with Crippen molar-refractivity contribution in [2.45, 2.75) is 17.8 Å². The van der Waals surface area contributed by atoms with Gasteiger partial charge in [0, 0.05) is 62.3 Å². The molecule has 1 aliphatic heterocycles. The number of aromatic nitrogens is 2. The molecule has 1 fully saturated rings. The first kappa shape index (κ1) is 27.0. The summed E-state index contributed by atoms with van der Waals surface area (Å²) in [6.45, 7) is 2.69. The Labute approximate surface area is 232 Å². The van der Waals surface area contributed by atoms with Crippen LogP contribution in [0.5, 0.6) is 5.75 Å². The van der Waals surface area contributed by atoms with Gasteiger partial charge in [-0.15, -0.1) is 13.2 Å². The van der Waals surface area contributed by atoms with Crippen LogP contribution in [-0.2, 0) is 6.54 Å². The molecule has 1 aliphatic rings. The summed E-state index contributed by atoms with van der Waals surface area (Å²) in [4.78, 5) is 26.1. The van der Waals surface area contributed by atoms with Crippen molar-refractivity contribution in [2.75, 3.05) is 30.9 Å². The molecule has 0 unspecified atom stereocenters. The first-order valence-corrected chi connectivity index (χ1v) is 13.2. The Morgan fingerprint density at radius 2 is 1.85 bits per heavy atom. The maximum Gasteiger partial charge on any atom is 0.573 e. The SMILES string of the molecule is O=C(c1ccc(NSc2cccc3cccnc23)c(OC(F)(F)F)c1)N1CCN(Cc2ccncc2Cl)CC1. The average molecular weight is 574 g/mol. The van der Waals surface area contributed by atoms with Crippen molar-refractivity contribution >= 4 is 46.0 Å². The fourth-order valence-corrected chi connectivity index (χ4v) is 5.26. The van der Waals surface area contributed by atoms with E-state index in [1.54, 1.807) is 23.5 Å². The summed E-state index contributed by atoms with van der Waals surface area (Å²) < 4.78 is 47.0. The zero-order chi connectivity index (χ0) is 27.4. The number of hydrogen-bond acceptors (Lipinski definition) is 7. The fraction of sp³-hybridized carbons (Fsp3) is 0.222. The van der Waals surface area contributed by atoms with E-state index in [1.165, 1.54) is 12.1 Å². The highest BCUT2D eigenvalue weighted by Crippen LogP contribution is 2.36. The molecule has 0 radical (unpaired) electrons. The third-order valence-corrected chi connectivity index (χ3v) is 7.44. The van der Waals surface area contributed by atoms with E-state index in [9.17, 15) is 18.0 Å². The molecule has 1 N–H and O–H groups in total. The number of pyridine rings is 2. The van der Waals surface area contributed by atoms with E-state index in [4.69, 9.17) is 11.6 Å². The van der Waals surface area contributed by atoms with Gasteiger partial charge < -0.3 is 14.4 Å². The quantitative estimate of drug-likeness (QED) is 0.262. The zero-order valence-electron chi connectivity index (χ0n) is 20.5. The van der Waals surface area contributed by atoms with Gasteiger partial charge in [-0.3, -0.25) is 19.7 Å². The number of nitrogens with zero attached hydrogens (tertiary/aromatic N) is 4. The largest absolute Gasteiger partial charge is 0.573 e. The van der Waals surface area contributed by atoms with Crippen LogP contribution in [0.4, 0.5) is 18.9 Å². The van der Waals surface area contributed by atoms with Gasteiger partial charge in [-0.25, -0.2) is 0 Å². The van der Waals surface area contributed by atoms with E-state index >= 15 is 0 Å². The summed E-state index contributed by atoms with van der Waals surface area (Å²) in [5, 5.41) is 1.48. The van der Waals surface area contributed by atoms with Gasteiger partial charge in [0.25, 0.3) is 5.91 Å². The zero-order valence-corrected chi connectivity index (χ0v) is 22.1. The molecule has 0 saturated carbocycles. The van der Waals surface area contributed by atoms with Crippen molar-refractivity contribution in [3.8, 4) is 5.75 Å².